The minimum Gasteiger partial charge on any atom is -0.423 e. The lowest BCUT2D eigenvalue weighted by atomic mass is 9.99. The molecule has 0 saturated carbocycles. The molecule has 1 aromatic carbocycles. The minimum atomic E-state index is -0.194. The van der Waals surface area contributed by atoms with E-state index in [9.17, 15) is 4.79 Å². The molecule has 0 saturated heterocycles. The van der Waals surface area contributed by atoms with Crippen molar-refractivity contribution >= 4 is 11.0 Å². The van der Waals surface area contributed by atoms with E-state index < -0.39 is 0 Å². The van der Waals surface area contributed by atoms with Crippen LogP contribution in [0.15, 0.2) is 27.4 Å². The Labute approximate surface area is 94.9 Å². The molecule has 0 radical (unpaired) electrons. The number of aryl methyl sites for hydroxylation is 2. The molecule has 0 spiro atoms. The maximum atomic E-state index is 11.7. The zero-order valence-electron chi connectivity index (χ0n) is 9.96. The average Bonchev–Trinajstić information content (AvgIpc) is 2.28. The molecule has 16 heavy (non-hydrogen) atoms. The number of hydrogen-bond acceptors (Lipinski definition) is 2. The van der Waals surface area contributed by atoms with E-state index in [-0.39, 0.29) is 5.63 Å². The lowest BCUT2D eigenvalue weighted by Crippen LogP contribution is -2.09. The molecule has 1 aromatic heterocycles. The third-order valence-corrected chi connectivity index (χ3v) is 3.12. The molecule has 0 fully saturated rings. The van der Waals surface area contributed by atoms with Crippen molar-refractivity contribution in [1.29, 1.82) is 0 Å². The van der Waals surface area contributed by atoms with Crippen LogP contribution in [0.1, 0.15) is 30.5 Å². The predicted octanol–water partition coefficient (Wildman–Crippen LogP) is 3.23. The molecule has 0 unspecified atom stereocenters. The summed E-state index contributed by atoms with van der Waals surface area (Å²) in [6.07, 6.45) is 1.68. The maximum absolute atomic E-state index is 11.7. The third kappa shape index (κ3) is 1.54. The van der Waals surface area contributed by atoms with Crippen LogP contribution >= 0.6 is 0 Å². The van der Waals surface area contributed by atoms with E-state index in [2.05, 4.69) is 13.0 Å². The van der Waals surface area contributed by atoms with Gasteiger partial charge in [0, 0.05) is 10.9 Å². The molecular formula is C14H16O2. The van der Waals surface area contributed by atoms with Crippen molar-refractivity contribution in [1.82, 2.24) is 0 Å². The second kappa shape index (κ2) is 4.12. The fraction of sp³-hybridized carbons (Fsp3) is 0.357. The Morgan fingerprint density at radius 2 is 1.94 bits per heavy atom. The first-order valence-electron chi connectivity index (χ1n) is 5.73. The molecule has 2 heteroatoms. The Kier molecular flexibility index (Phi) is 2.82. The number of hydrogen-bond donors (Lipinski definition) is 0. The van der Waals surface area contributed by atoms with Crippen LogP contribution in [0.5, 0.6) is 0 Å². The van der Waals surface area contributed by atoms with Gasteiger partial charge in [-0.2, -0.15) is 0 Å². The van der Waals surface area contributed by atoms with Crippen LogP contribution in [0.2, 0.25) is 0 Å². The largest absolute Gasteiger partial charge is 0.423 e. The second-order valence-corrected chi connectivity index (χ2v) is 3.99. The van der Waals surface area contributed by atoms with Crippen LogP contribution < -0.4 is 5.63 Å². The molecule has 0 aliphatic heterocycles. The van der Waals surface area contributed by atoms with Crippen LogP contribution in [0, 0.1) is 6.92 Å². The number of rotatable bonds is 2. The third-order valence-electron chi connectivity index (χ3n) is 3.12. The van der Waals surface area contributed by atoms with Crippen LogP contribution in [0.3, 0.4) is 0 Å². The molecule has 0 atom stereocenters. The maximum Gasteiger partial charge on any atom is 0.339 e. The van der Waals surface area contributed by atoms with Gasteiger partial charge in [-0.05, 0) is 37.0 Å². The van der Waals surface area contributed by atoms with Crippen molar-refractivity contribution in [3.05, 3.63) is 45.3 Å². The van der Waals surface area contributed by atoms with Crippen LogP contribution in [0.4, 0.5) is 0 Å². The van der Waals surface area contributed by atoms with Gasteiger partial charge < -0.3 is 4.42 Å². The van der Waals surface area contributed by atoms with Gasteiger partial charge in [-0.15, -0.1) is 0 Å². The molecular weight excluding hydrogens is 200 g/mol. The van der Waals surface area contributed by atoms with Gasteiger partial charge in [0.2, 0.25) is 0 Å². The summed E-state index contributed by atoms with van der Waals surface area (Å²) in [6, 6.07) is 5.90. The number of fused-ring (bicyclic) bond motifs is 1. The van der Waals surface area contributed by atoms with E-state index in [0.717, 1.165) is 29.4 Å². The Bertz CT molecular complexity index is 579. The van der Waals surface area contributed by atoms with Crippen molar-refractivity contribution in [3.63, 3.8) is 0 Å². The zero-order valence-corrected chi connectivity index (χ0v) is 9.96. The lowest BCUT2D eigenvalue weighted by Gasteiger charge is -2.09. The first kappa shape index (κ1) is 10.9. The van der Waals surface area contributed by atoms with Crippen molar-refractivity contribution in [3.8, 4) is 0 Å². The predicted molar refractivity (Wildman–Crippen MR) is 66.0 cm³/mol. The first-order valence-corrected chi connectivity index (χ1v) is 5.73. The smallest absolute Gasteiger partial charge is 0.339 e. The Morgan fingerprint density at radius 3 is 2.56 bits per heavy atom. The van der Waals surface area contributed by atoms with E-state index >= 15 is 0 Å². The quantitative estimate of drug-likeness (QED) is 0.721. The lowest BCUT2D eigenvalue weighted by molar-refractivity contribution is 0.549. The molecule has 2 aromatic rings. The van der Waals surface area contributed by atoms with Crippen molar-refractivity contribution < 1.29 is 4.42 Å². The van der Waals surface area contributed by atoms with E-state index in [0.29, 0.717) is 5.58 Å². The highest BCUT2D eigenvalue weighted by Gasteiger charge is 2.11. The van der Waals surface area contributed by atoms with Crippen molar-refractivity contribution in [2.75, 3.05) is 0 Å². The summed E-state index contributed by atoms with van der Waals surface area (Å²) < 4.78 is 5.35. The zero-order chi connectivity index (χ0) is 11.7. The summed E-state index contributed by atoms with van der Waals surface area (Å²) in [5.41, 5.74) is 3.63. The van der Waals surface area contributed by atoms with Gasteiger partial charge in [0.05, 0.1) is 0 Å². The van der Waals surface area contributed by atoms with Gasteiger partial charge in [0.15, 0.2) is 0 Å². The average molecular weight is 216 g/mol. The highest BCUT2D eigenvalue weighted by Crippen LogP contribution is 2.23. The Balaban J connectivity index is 2.94. The molecule has 0 aliphatic carbocycles. The van der Waals surface area contributed by atoms with Gasteiger partial charge in [-0.3, -0.25) is 0 Å². The monoisotopic (exact) mass is 216 g/mol. The molecule has 2 nitrogen and oxygen atoms in total. The molecule has 0 bridgehead atoms. The molecule has 0 N–H and O–H groups in total. The Morgan fingerprint density at radius 1 is 1.19 bits per heavy atom. The topological polar surface area (TPSA) is 30.2 Å². The molecule has 0 aliphatic rings. The van der Waals surface area contributed by atoms with Crippen LogP contribution in [-0.2, 0) is 12.8 Å². The summed E-state index contributed by atoms with van der Waals surface area (Å²) in [6.45, 7) is 6.11. The van der Waals surface area contributed by atoms with Crippen LogP contribution in [0.25, 0.3) is 11.0 Å². The van der Waals surface area contributed by atoms with Crippen molar-refractivity contribution in [2.45, 2.75) is 33.6 Å². The van der Waals surface area contributed by atoms with Gasteiger partial charge in [0.1, 0.15) is 5.58 Å². The first-order chi connectivity index (χ1) is 7.69. The number of benzene rings is 1. The summed E-state index contributed by atoms with van der Waals surface area (Å²) >= 11 is 0. The van der Waals surface area contributed by atoms with Gasteiger partial charge in [0.25, 0.3) is 0 Å². The molecule has 1 heterocycles. The van der Waals surface area contributed by atoms with Gasteiger partial charge >= 0.3 is 5.63 Å². The molecule has 2 rings (SSSR count). The highest BCUT2D eigenvalue weighted by atomic mass is 16.4. The standard InChI is InChI=1S/C14H16O2/c1-4-10-7-6-8-12-13(10)9(3)11(5-2)14(15)16-12/h6-8H,4-5H2,1-3H3. The summed E-state index contributed by atoms with van der Waals surface area (Å²) in [5, 5.41) is 1.11. The fourth-order valence-corrected chi connectivity index (χ4v) is 2.26. The second-order valence-electron chi connectivity index (χ2n) is 3.99. The van der Waals surface area contributed by atoms with E-state index in [4.69, 9.17) is 4.42 Å². The summed E-state index contributed by atoms with van der Waals surface area (Å²) in [4.78, 5) is 11.7. The molecule has 84 valence electrons. The normalized spacial score (nSPS) is 10.9. The SMILES string of the molecule is CCc1c(C)c2c(CC)cccc2oc1=O. The van der Waals surface area contributed by atoms with Crippen LogP contribution in [-0.4, -0.2) is 0 Å². The fourth-order valence-electron chi connectivity index (χ4n) is 2.26. The van der Waals surface area contributed by atoms with E-state index in [1.54, 1.807) is 0 Å². The van der Waals surface area contributed by atoms with Crippen molar-refractivity contribution in [2.24, 2.45) is 0 Å². The minimum absolute atomic E-state index is 0.194. The summed E-state index contributed by atoms with van der Waals surface area (Å²) in [5.74, 6) is 0. The highest BCUT2D eigenvalue weighted by molar-refractivity contribution is 5.84. The van der Waals surface area contributed by atoms with Gasteiger partial charge in [-0.1, -0.05) is 26.0 Å². The molecule has 0 amide bonds. The summed E-state index contributed by atoms with van der Waals surface area (Å²) in [7, 11) is 0. The Hall–Kier alpha value is -1.57. The van der Waals surface area contributed by atoms with Gasteiger partial charge in [-0.25, -0.2) is 4.79 Å². The van der Waals surface area contributed by atoms with E-state index in [1.807, 2.05) is 26.0 Å². The van der Waals surface area contributed by atoms with E-state index in [1.165, 1.54) is 5.56 Å².